The van der Waals surface area contributed by atoms with Crippen molar-refractivity contribution >= 4 is 11.9 Å². The highest BCUT2D eigenvalue weighted by molar-refractivity contribution is 5.86. The Morgan fingerprint density at radius 2 is 1.47 bits per heavy atom. The minimum absolute atomic E-state index is 0.163. The Hall–Kier alpha value is -1.89. The maximum Gasteiger partial charge on any atom is 0.326 e. The average Bonchev–Trinajstić information content (AvgIpc) is 3.28. The van der Waals surface area contributed by atoms with Gasteiger partial charge in [-0.25, -0.2) is 9.78 Å². The zero-order chi connectivity index (χ0) is 23.4. The third-order valence-electron chi connectivity index (χ3n) is 5.96. The molecule has 1 aromatic heterocycles. The van der Waals surface area contributed by atoms with Gasteiger partial charge in [0, 0.05) is 12.6 Å². The van der Waals surface area contributed by atoms with E-state index in [1.165, 1.54) is 83.4 Å². The summed E-state index contributed by atoms with van der Waals surface area (Å²) in [4.78, 5) is 30.5. The molecule has 32 heavy (non-hydrogen) atoms. The number of aliphatic carboxylic acids is 1. The first kappa shape index (κ1) is 28.1. The smallest absolute Gasteiger partial charge is 0.326 e. The van der Waals surface area contributed by atoms with Crippen molar-refractivity contribution in [3.05, 3.63) is 18.2 Å². The van der Waals surface area contributed by atoms with Crippen molar-refractivity contribution in [2.75, 3.05) is 6.54 Å². The number of aromatic amines is 1. The predicted molar refractivity (Wildman–Crippen MR) is 130 cm³/mol. The largest absolute Gasteiger partial charge is 0.480 e. The van der Waals surface area contributed by atoms with E-state index in [1.807, 2.05) is 0 Å². The van der Waals surface area contributed by atoms with Crippen molar-refractivity contribution in [3.63, 3.8) is 0 Å². The molecule has 0 aliphatic rings. The standard InChI is InChI=1S/C25H46N4O3/c1-3-4-5-6-7-8-9-10-11-12-13-14-15-16-17-27-21(2)24(30)29-23(25(31)32)18-22-19-26-20-28-22/h19-21,23,27H,3-18H2,1-2H3,(H,26,28)(H,29,30)(H,31,32). The summed E-state index contributed by atoms with van der Waals surface area (Å²) in [6.45, 7) is 4.80. The first-order valence-corrected chi connectivity index (χ1v) is 12.8. The fourth-order valence-corrected chi connectivity index (χ4v) is 3.84. The van der Waals surface area contributed by atoms with Crippen molar-refractivity contribution in [2.45, 2.75) is 122 Å². The molecule has 1 aromatic rings. The number of carboxylic acid groups (broad SMARTS) is 1. The van der Waals surface area contributed by atoms with Gasteiger partial charge in [-0.2, -0.15) is 0 Å². The van der Waals surface area contributed by atoms with E-state index in [0.717, 1.165) is 19.4 Å². The van der Waals surface area contributed by atoms with Gasteiger partial charge in [0.1, 0.15) is 6.04 Å². The number of aromatic nitrogens is 2. The highest BCUT2D eigenvalue weighted by atomic mass is 16.4. The number of imidazole rings is 1. The molecule has 0 aliphatic heterocycles. The van der Waals surface area contributed by atoms with E-state index in [4.69, 9.17) is 0 Å². The molecule has 0 radical (unpaired) electrons. The van der Waals surface area contributed by atoms with Crippen molar-refractivity contribution in [2.24, 2.45) is 0 Å². The minimum Gasteiger partial charge on any atom is -0.480 e. The van der Waals surface area contributed by atoms with Gasteiger partial charge in [-0.15, -0.1) is 0 Å². The topological polar surface area (TPSA) is 107 Å². The van der Waals surface area contributed by atoms with Crippen LogP contribution in [-0.2, 0) is 16.0 Å². The summed E-state index contributed by atoms with van der Waals surface area (Å²) < 4.78 is 0. The van der Waals surface area contributed by atoms with E-state index in [0.29, 0.717) is 5.69 Å². The number of carboxylic acids is 1. The lowest BCUT2D eigenvalue weighted by Gasteiger charge is -2.18. The van der Waals surface area contributed by atoms with E-state index < -0.39 is 18.1 Å². The zero-order valence-electron chi connectivity index (χ0n) is 20.3. The van der Waals surface area contributed by atoms with E-state index >= 15 is 0 Å². The summed E-state index contributed by atoms with van der Waals surface area (Å²) in [7, 11) is 0. The van der Waals surface area contributed by atoms with Gasteiger partial charge in [0.25, 0.3) is 0 Å². The Morgan fingerprint density at radius 1 is 0.938 bits per heavy atom. The zero-order valence-corrected chi connectivity index (χ0v) is 20.3. The monoisotopic (exact) mass is 450 g/mol. The fraction of sp³-hybridized carbons (Fsp3) is 0.800. The van der Waals surface area contributed by atoms with E-state index in [9.17, 15) is 14.7 Å². The van der Waals surface area contributed by atoms with Crippen LogP contribution < -0.4 is 10.6 Å². The van der Waals surface area contributed by atoms with Gasteiger partial charge >= 0.3 is 5.97 Å². The van der Waals surface area contributed by atoms with Gasteiger partial charge in [-0.05, 0) is 19.9 Å². The fourth-order valence-electron chi connectivity index (χ4n) is 3.84. The van der Waals surface area contributed by atoms with Gasteiger partial charge in [-0.3, -0.25) is 4.79 Å². The molecular formula is C25H46N4O3. The van der Waals surface area contributed by atoms with Crippen LogP contribution in [0.5, 0.6) is 0 Å². The van der Waals surface area contributed by atoms with E-state index in [2.05, 4.69) is 27.5 Å². The maximum atomic E-state index is 12.3. The average molecular weight is 451 g/mol. The summed E-state index contributed by atoms with van der Waals surface area (Å²) in [6, 6.07) is -1.39. The number of hydrogen-bond donors (Lipinski definition) is 4. The van der Waals surface area contributed by atoms with Gasteiger partial charge in [0.2, 0.25) is 5.91 Å². The number of rotatable bonds is 21. The Balaban J connectivity index is 1.97. The number of hydrogen-bond acceptors (Lipinski definition) is 4. The highest BCUT2D eigenvalue weighted by Crippen LogP contribution is 2.12. The van der Waals surface area contributed by atoms with Crippen LogP contribution in [-0.4, -0.2) is 45.6 Å². The van der Waals surface area contributed by atoms with Crippen LogP contribution in [0.15, 0.2) is 12.5 Å². The number of H-pyrrole nitrogens is 1. The molecule has 2 unspecified atom stereocenters. The van der Waals surface area contributed by atoms with Crippen molar-refractivity contribution in [1.29, 1.82) is 0 Å². The normalized spacial score (nSPS) is 13.1. The molecule has 7 nitrogen and oxygen atoms in total. The number of unbranched alkanes of at least 4 members (excludes halogenated alkanes) is 13. The molecule has 0 saturated carbocycles. The molecule has 1 amide bonds. The molecule has 2 atom stereocenters. The molecule has 0 spiro atoms. The lowest BCUT2D eigenvalue weighted by molar-refractivity contribution is -0.142. The van der Waals surface area contributed by atoms with Gasteiger partial charge in [-0.1, -0.05) is 90.4 Å². The third-order valence-corrected chi connectivity index (χ3v) is 5.96. The van der Waals surface area contributed by atoms with Crippen LogP contribution in [0.1, 0.15) is 109 Å². The molecule has 0 fully saturated rings. The van der Waals surface area contributed by atoms with Crippen molar-refractivity contribution in [3.8, 4) is 0 Å². The second-order valence-corrected chi connectivity index (χ2v) is 8.94. The second-order valence-electron chi connectivity index (χ2n) is 8.94. The van der Waals surface area contributed by atoms with E-state index in [-0.39, 0.29) is 12.3 Å². The number of nitrogens with zero attached hydrogens (tertiary/aromatic N) is 1. The molecule has 0 aromatic carbocycles. The Labute approximate surface area is 194 Å². The molecular weight excluding hydrogens is 404 g/mol. The summed E-state index contributed by atoms with van der Waals surface area (Å²) >= 11 is 0. The highest BCUT2D eigenvalue weighted by Gasteiger charge is 2.23. The third kappa shape index (κ3) is 14.2. The number of nitrogens with one attached hydrogen (secondary N) is 3. The molecule has 0 bridgehead atoms. The molecule has 1 heterocycles. The van der Waals surface area contributed by atoms with Crippen LogP contribution >= 0.6 is 0 Å². The van der Waals surface area contributed by atoms with Crippen LogP contribution in [0.4, 0.5) is 0 Å². The van der Waals surface area contributed by atoms with Crippen LogP contribution in [0.2, 0.25) is 0 Å². The number of amides is 1. The molecule has 1 rings (SSSR count). The molecule has 0 aliphatic carbocycles. The van der Waals surface area contributed by atoms with Crippen molar-refractivity contribution in [1.82, 2.24) is 20.6 Å². The molecule has 7 heteroatoms. The summed E-state index contributed by atoms with van der Waals surface area (Å²) in [5.74, 6) is -1.35. The lowest BCUT2D eigenvalue weighted by atomic mass is 10.0. The summed E-state index contributed by atoms with van der Waals surface area (Å²) in [5.41, 5.74) is 0.612. The van der Waals surface area contributed by atoms with Crippen LogP contribution in [0.25, 0.3) is 0 Å². The molecule has 184 valence electrons. The molecule has 0 saturated heterocycles. The van der Waals surface area contributed by atoms with Gasteiger partial charge < -0.3 is 20.7 Å². The van der Waals surface area contributed by atoms with Crippen LogP contribution in [0.3, 0.4) is 0 Å². The number of carbonyl (C=O) groups is 2. The van der Waals surface area contributed by atoms with Gasteiger partial charge in [0.15, 0.2) is 0 Å². The maximum absolute atomic E-state index is 12.3. The predicted octanol–water partition coefficient (Wildman–Crippen LogP) is 4.98. The van der Waals surface area contributed by atoms with E-state index in [1.54, 1.807) is 13.1 Å². The van der Waals surface area contributed by atoms with Crippen molar-refractivity contribution < 1.29 is 14.7 Å². The van der Waals surface area contributed by atoms with Crippen LogP contribution in [0, 0.1) is 0 Å². The first-order valence-electron chi connectivity index (χ1n) is 12.8. The Bertz CT molecular complexity index is 592. The summed E-state index contributed by atoms with van der Waals surface area (Å²) in [5, 5.41) is 15.2. The minimum atomic E-state index is -1.06. The SMILES string of the molecule is CCCCCCCCCCCCCCCCNC(C)C(=O)NC(Cc1c[nH]cn1)C(=O)O. The Kier molecular flexibility index (Phi) is 16.4. The second kappa shape index (κ2) is 18.7. The summed E-state index contributed by atoms with van der Waals surface area (Å²) in [6.07, 6.45) is 21.8. The number of carbonyl (C=O) groups excluding carboxylic acids is 1. The lowest BCUT2D eigenvalue weighted by Crippen LogP contribution is -2.50. The Morgan fingerprint density at radius 3 is 1.94 bits per heavy atom. The molecule has 4 N–H and O–H groups in total. The quantitative estimate of drug-likeness (QED) is 0.198. The van der Waals surface area contributed by atoms with Gasteiger partial charge in [0.05, 0.1) is 18.1 Å². The first-order chi connectivity index (χ1) is 15.5.